The van der Waals surface area contributed by atoms with Gasteiger partial charge in [-0.25, -0.2) is 0 Å². The third-order valence-electron chi connectivity index (χ3n) is 9.43. The Morgan fingerprint density at radius 3 is 2.02 bits per heavy atom. The predicted octanol–water partition coefficient (Wildman–Crippen LogP) is 10.3. The number of hydrogen-bond donors (Lipinski definition) is 0. The zero-order valence-corrected chi connectivity index (χ0v) is 33.7. The number of esters is 1. The number of hydrogen-bond acceptors (Lipinski definition) is 8. The Morgan fingerprint density at radius 1 is 1.04 bits per heavy atom. The third-order valence-corrected chi connectivity index (χ3v) is 18.2. The topological polar surface area (TPSA) is 106 Å². The molecule has 0 radical (unpaired) electrons. The smallest absolute Gasteiger partial charge is 0.317 e. The second-order valence-electron chi connectivity index (χ2n) is 15.5. The van der Waals surface area contributed by atoms with Gasteiger partial charge in [-0.2, -0.15) is 0 Å². The summed E-state index contributed by atoms with van der Waals surface area (Å²) in [5.74, 6) is -1.65. The Bertz CT molecular complexity index is 1310. The van der Waals surface area contributed by atoms with Crippen molar-refractivity contribution in [1.82, 2.24) is 0 Å². The molecule has 0 aliphatic carbocycles. The van der Waals surface area contributed by atoms with Crippen molar-refractivity contribution in [2.75, 3.05) is 13.9 Å². The highest BCUT2D eigenvalue weighted by molar-refractivity contribution is 6.75. The Morgan fingerprint density at radius 2 is 1.60 bits per heavy atom. The summed E-state index contributed by atoms with van der Waals surface area (Å²) in [6.45, 7) is 36.5. The molecule has 0 spiro atoms. The van der Waals surface area contributed by atoms with Crippen LogP contribution in [-0.4, -0.2) is 47.5 Å². The Labute approximate surface area is 286 Å². The number of methoxy groups -OCH3 is 1. The zero-order valence-electron chi connectivity index (χ0n) is 31.7. The standard InChI is InChI=1S/C36H61NO8Si2/c1-18-25(5)31(45-47(16,17)36(10,11)12)29-21-28(44-46(14,15)35(7,8)9)22-30(37(39)40)33(29)43-34(38)26(6)32(42-23-41-13)27(19-2)20-24(3)4/h18,20-22,25-26,31-32H,1,3,19,23H2,2,4-17H3/b27-20+/t25-,26-,31+,32-/m1/s1. The first-order valence-electron chi connectivity index (χ1n) is 16.3. The van der Waals surface area contributed by atoms with Gasteiger partial charge in [0.15, 0.2) is 8.32 Å². The average Bonchev–Trinajstić information content (AvgIpc) is 2.93. The molecule has 4 atom stereocenters. The van der Waals surface area contributed by atoms with E-state index in [1.54, 1.807) is 19.1 Å². The molecule has 0 N–H and O–H groups in total. The maximum atomic E-state index is 14.0. The van der Waals surface area contributed by atoms with E-state index in [1.165, 1.54) is 13.2 Å². The fourth-order valence-corrected chi connectivity index (χ4v) is 6.72. The van der Waals surface area contributed by atoms with Crippen LogP contribution >= 0.6 is 0 Å². The van der Waals surface area contributed by atoms with E-state index in [4.69, 9.17) is 23.1 Å². The van der Waals surface area contributed by atoms with Gasteiger partial charge >= 0.3 is 11.7 Å². The SMILES string of the molecule is C=C[C@@H](C)[C@H](O[Si](C)(C)C(C)(C)C)c1cc(O[Si](C)(C)C(C)(C)C)cc([N+](=O)[O-])c1OC(=O)[C@H](C)[C@@H](OCOC)/C(=C/C(=C)C)CC. The monoisotopic (exact) mass is 691 g/mol. The maximum absolute atomic E-state index is 14.0. The molecule has 0 saturated carbocycles. The molecule has 0 heterocycles. The summed E-state index contributed by atoms with van der Waals surface area (Å²) in [4.78, 5) is 26.2. The van der Waals surface area contributed by atoms with Crippen LogP contribution < -0.4 is 9.16 Å². The maximum Gasteiger partial charge on any atom is 0.317 e. The summed E-state index contributed by atoms with van der Waals surface area (Å²) in [5, 5.41) is 12.4. The van der Waals surface area contributed by atoms with Gasteiger partial charge in [-0.1, -0.05) is 79.7 Å². The lowest BCUT2D eigenvalue weighted by Crippen LogP contribution is -2.44. The summed E-state index contributed by atoms with van der Waals surface area (Å²) in [7, 11) is -3.38. The molecule has 0 saturated heterocycles. The minimum absolute atomic E-state index is 0.0556. The lowest BCUT2D eigenvalue weighted by molar-refractivity contribution is -0.385. The van der Waals surface area contributed by atoms with E-state index in [9.17, 15) is 14.9 Å². The molecule has 266 valence electrons. The van der Waals surface area contributed by atoms with E-state index in [0.717, 1.165) is 11.1 Å². The number of carbonyl (C=O) groups excluding carboxylic acids is 1. The van der Waals surface area contributed by atoms with Crippen molar-refractivity contribution in [3.63, 3.8) is 0 Å². The normalized spacial score (nSPS) is 15.8. The Hall–Kier alpha value is -2.58. The van der Waals surface area contributed by atoms with Gasteiger partial charge in [0, 0.05) is 18.6 Å². The van der Waals surface area contributed by atoms with Crippen LogP contribution in [0.1, 0.15) is 87.3 Å². The highest BCUT2D eigenvalue weighted by Gasteiger charge is 2.44. The highest BCUT2D eigenvalue weighted by atomic mass is 28.4. The Balaban J connectivity index is 4.08. The van der Waals surface area contributed by atoms with Gasteiger partial charge in [-0.05, 0) is 68.2 Å². The number of ether oxygens (including phenoxy) is 3. The number of nitro groups is 1. The third kappa shape index (κ3) is 11.2. The lowest BCUT2D eigenvalue weighted by Gasteiger charge is -2.41. The molecule has 1 aromatic rings. The molecule has 1 rings (SSSR count). The molecule has 0 aliphatic heterocycles. The Kier molecular flexibility index (Phi) is 15.1. The van der Waals surface area contributed by atoms with Crippen LogP contribution in [0.15, 0.2) is 48.6 Å². The number of nitrogens with zero attached hydrogens (tertiary/aromatic N) is 1. The van der Waals surface area contributed by atoms with E-state index in [0.29, 0.717) is 17.7 Å². The molecule has 9 nitrogen and oxygen atoms in total. The van der Waals surface area contributed by atoms with Gasteiger partial charge in [0.2, 0.25) is 14.1 Å². The summed E-state index contributed by atoms with van der Waals surface area (Å²) < 4.78 is 30.8. The van der Waals surface area contributed by atoms with E-state index in [1.807, 2.05) is 26.8 Å². The van der Waals surface area contributed by atoms with Crippen molar-refractivity contribution >= 4 is 28.3 Å². The van der Waals surface area contributed by atoms with Gasteiger partial charge in [0.05, 0.1) is 29.1 Å². The fraction of sp³-hybridized carbons (Fsp3) is 0.639. The van der Waals surface area contributed by atoms with E-state index in [2.05, 4.69) is 80.9 Å². The van der Waals surface area contributed by atoms with Crippen LogP contribution in [0.4, 0.5) is 5.69 Å². The molecule has 0 fully saturated rings. The van der Waals surface area contributed by atoms with E-state index in [-0.39, 0.29) is 34.2 Å². The minimum atomic E-state index is -2.46. The second-order valence-corrected chi connectivity index (χ2v) is 25.0. The molecule has 0 aromatic heterocycles. The summed E-state index contributed by atoms with van der Waals surface area (Å²) in [5.41, 5.74) is 1.62. The first-order valence-corrected chi connectivity index (χ1v) is 22.2. The molecule has 1 aromatic carbocycles. The molecule has 0 unspecified atom stereocenters. The highest BCUT2D eigenvalue weighted by Crippen LogP contribution is 2.48. The number of rotatable bonds is 17. The summed E-state index contributed by atoms with van der Waals surface area (Å²) in [6, 6.07) is 3.10. The quantitative estimate of drug-likeness (QED) is 0.0232. The van der Waals surface area contributed by atoms with Crippen LogP contribution in [0.3, 0.4) is 0 Å². The second kappa shape index (κ2) is 16.7. The van der Waals surface area contributed by atoms with Crippen molar-refractivity contribution < 1.29 is 32.8 Å². The van der Waals surface area contributed by atoms with Gasteiger partial charge in [0.25, 0.3) is 0 Å². The first-order chi connectivity index (χ1) is 21.3. The van der Waals surface area contributed by atoms with Crippen molar-refractivity contribution in [3.05, 3.63) is 64.3 Å². The molecule has 0 aliphatic rings. The number of allylic oxidation sites excluding steroid dienone is 2. The van der Waals surface area contributed by atoms with Crippen LogP contribution in [0.5, 0.6) is 11.5 Å². The van der Waals surface area contributed by atoms with Gasteiger partial charge in [0.1, 0.15) is 12.5 Å². The van der Waals surface area contributed by atoms with Crippen molar-refractivity contribution in [2.24, 2.45) is 11.8 Å². The van der Waals surface area contributed by atoms with Crippen molar-refractivity contribution in [3.8, 4) is 11.5 Å². The average molecular weight is 692 g/mol. The number of nitro benzene ring substituents is 1. The molecule has 11 heteroatoms. The molecule has 0 bridgehead atoms. The summed E-state index contributed by atoms with van der Waals surface area (Å²) >= 11 is 0. The van der Waals surface area contributed by atoms with Crippen LogP contribution in [0, 0.1) is 22.0 Å². The molecular weight excluding hydrogens is 631 g/mol. The first kappa shape index (κ1) is 42.4. The number of carbonyl (C=O) groups is 1. The largest absolute Gasteiger partial charge is 0.543 e. The molecular formula is C36H61NO8Si2. The lowest BCUT2D eigenvalue weighted by atomic mass is 9.93. The van der Waals surface area contributed by atoms with Crippen LogP contribution in [-0.2, 0) is 18.7 Å². The molecule has 0 amide bonds. The van der Waals surface area contributed by atoms with Crippen molar-refractivity contribution in [2.45, 2.75) is 124 Å². The molecule has 47 heavy (non-hydrogen) atoms. The summed E-state index contributed by atoms with van der Waals surface area (Å²) in [6.07, 6.45) is 2.80. The minimum Gasteiger partial charge on any atom is -0.543 e. The number of benzene rings is 1. The van der Waals surface area contributed by atoms with Crippen LogP contribution in [0.25, 0.3) is 0 Å². The van der Waals surface area contributed by atoms with Gasteiger partial charge in [-0.15, -0.1) is 6.58 Å². The van der Waals surface area contributed by atoms with Gasteiger partial charge < -0.3 is 23.1 Å². The fourth-order valence-electron chi connectivity index (χ4n) is 4.38. The van der Waals surface area contributed by atoms with Crippen molar-refractivity contribution in [1.29, 1.82) is 0 Å². The van der Waals surface area contributed by atoms with Crippen LogP contribution in [0.2, 0.25) is 36.3 Å². The van der Waals surface area contributed by atoms with E-state index >= 15 is 0 Å². The predicted molar refractivity (Wildman–Crippen MR) is 196 cm³/mol. The van der Waals surface area contributed by atoms with Gasteiger partial charge in [-0.3, -0.25) is 14.9 Å². The zero-order chi connectivity index (χ0) is 36.7. The van der Waals surface area contributed by atoms with E-state index < -0.39 is 45.7 Å².